The van der Waals surface area contributed by atoms with Crippen LogP contribution in [-0.2, 0) is 14.4 Å². The van der Waals surface area contributed by atoms with Crippen molar-refractivity contribution in [3.63, 3.8) is 0 Å². The molecular weight excluding hydrogens is 424 g/mol. The normalized spacial score (nSPS) is 17.5. The second kappa shape index (κ2) is 8.94. The molecule has 3 amide bonds. The number of fused-ring (bicyclic) bond motifs is 1. The average molecular weight is 446 g/mol. The van der Waals surface area contributed by atoms with Crippen molar-refractivity contribution in [3.05, 3.63) is 28.3 Å². The first kappa shape index (κ1) is 21.1. The summed E-state index contributed by atoms with van der Waals surface area (Å²) < 4.78 is 0.796. The maximum atomic E-state index is 12.0. The first-order chi connectivity index (χ1) is 14.9. The predicted molar refractivity (Wildman–Crippen MR) is 114 cm³/mol. The summed E-state index contributed by atoms with van der Waals surface area (Å²) in [4.78, 5) is 55.7. The van der Waals surface area contributed by atoms with Crippen molar-refractivity contribution >= 4 is 50.1 Å². The van der Waals surface area contributed by atoms with E-state index in [1.807, 2.05) is 0 Å². The second-order valence-electron chi connectivity index (χ2n) is 7.46. The van der Waals surface area contributed by atoms with E-state index < -0.39 is 4.92 Å². The van der Waals surface area contributed by atoms with Crippen LogP contribution >= 0.6 is 11.3 Å². The summed E-state index contributed by atoms with van der Waals surface area (Å²) in [6.07, 6.45) is 0.365. The van der Waals surface area contributed by atoms with Crippen molar-refractivity contribution in [2.45, 2.75) is 12.8 Å². The number of aromatic nitrogens is 1. The van der Waals surface area contributed by atoms with Gasteiger partial charge in [0.1, 0.15) is 6.54 Å². The average Bonchev–Trinajstić information content (AvgIpc) is 3.32. The zero-order valence-electron chi connectivity index (χ0n) is 16.8. The number of nitro groups is 1. The summed E-state index contributed by atoms with van der Waals surface area (Å²) in [5.41, 5.74) is 0.818. The lowest BCUT2D eigenvalue weighted by Gasteiger charge is -2.34. The van der Waals surface area contributed by atoms with Crippen molar-refractivity contribution in [1.29, 1.82) is 0 Å². The third-order valence-corrected chi connectivity index (χ3v) is 6.50. The van der Waals surface area contributed by atoms with Gasteiger partial charge in [0.15, 0.2) is 5.13 Å². The molecule has 0 bridgehead atoms. The number of rotatable bonds is 7. The van der Waals surface area contributed by atoms with E-state index in [-0.39, 0.29) is 42.8 Å². The molecule has 2 fully saturated rings. The predicted octanol–water partition coefficient (Wildman–Crippen LogP) is 0.592. The topological polar surface area (TPSA) is 129 Å². The van der Waals surface area contributed by atoms with Crippen LogP contribution in [0.4, 0.5) is 10.8 Å². The zero-order valence-corrected chi connectivity index (χ0v) is 17.6. The summed E-state index contributed by atoms with van der Waals surface area (Å²) in [7, 11) is 0. The van der Waals surface area contributed by atoms with Crippen LogP contribution in [0.15, 0.2) is 18.2 Å². The van der Waals surface area contributed by atoms with Crippen LogP contribution < -0.4 is 10.2 Å². The summed E-state index contributed by atoms with van der Waals surface area (Å²) in [6.45, 7) is 4.05. The van der Waals surface area contributed by atoms with E-state index in [2.05, 4.69) is 20.1 Å². The fourth-order valence-corrected chi connectivity index (χ4v) is 4.72. The number of nitrogens with one attached hydrogen (secondary N) is 1. The van der Waals surface area contributed by atoms with E-state index in [4.69, 9.17) is 0 Å². The Kier molecular flexibility index (Phi) is 6.09. The highest BCUT2D eigenvalue weighted by Crippen LogP contribution is 2.31. The summed E-state index contributed by atoms with van der Waals surface area (Å²) in [5, 5.41) is 14.6. The van der Waals surface area contributed by atoms with Gasteiger partial charge < -0.3 is 10.2 Å². The van der Waals surface area contributed by atoms with Crippen LogP contribution in [-0.4, -0.2) is 83.2 Å². The Balaban J connectivity index is 1.22. The van der Waals surface area contributed by atoms with Gasteiger partial charge in [0, 0.05) is 64.2 Å². The number of thiazole rings is 1. The molecule has 1 aromatic heterocycles. The van der Waals surface area contributed by atoms with E-state index in [1.54, 1.807) is 12.1 Å². The molecule has 0 radical (unpaired) electrons. The number of hydrogen-bond donors (Lipinski definition) is 1. The first-order valence-corrected chi connectivity index (χ1v) is 10.8. The molecule has 164 valence electrons. The summed E-state index contributed by atoms with van der Waals surface area (Å²) in [6, 6.07) is 4.70. The Hall–Kier alpha value is -3.12. The maximum Gasteiger partial charge on any atom is 0.270 e. The maximum absolute atomic E-state index is 12.0. The number of non-ortho nitro benzene ring substituents is 1. The molecule has 3 heterocycles. The van der Waals surface area contributed by atoms with Crippen LogP contribution in [0.3, 0.4) is 0 Å². The van der Waals surface area contributed by atoms with Gasteiger partial charge in [0.05, 0.1) is 15.1 Å². The molecule has 4 rings (SSSR count). The van der Waals surface area contributed by atoms with Crippen molar-refractivity contribution in [1.82, 2.24) is 20.1 Å². The minimum Gasteiger partial charge on any atom is -0.353 e. The quantitative estimate of drug-likeness (QED) is 0.372. The highest BCUT2D eigenvalue weighted by Gasteiger charge is 2.30. The highest BCUT2D eigenvalue weighted by molar-refractivity contribution is 7.22. The minimum atomic E-state index is -0.406. The molecule has 2 aliphatic rings. The fraction of sp³-hybridized carbons (Fsp3) is 0.474. The smallest absolute Gasteiger partial charge is 0.270 e. The molecule has 1 aromatic carbocycles. The van der Waals surface area contributed by atoms with Gasteiger partial charge in [-0.25, -0.2) is 4.98 Å². The molecule has 2 saturated heterocycles. The number of likely N-dealkylation sites (tertiary alicyclic amines) is 1. The lowest BCUT2D eigenvalue weighted by molar-refractivity contribution is -0.384. The second-order valence-corrected chi connectivity index (χ2v) is 8.47. The number of nitrogens with zero attached hydrogens (tertiary/aromatic N) is 5. The number of hydrogen-bond acceptors (Lipinski definition) is 9. The number of piperazine rings is 1. The van der Waals surface area contributed by atoms with E-state index >= 15 is 0 Å². The third kappa shape index (κ3) is 4.80. The summed E-state index contributed by atoms with van der Waals surface area (Å²) in [5.74, 6) is -0.910. The number of imide groups is 1. The van der Waals surface area contributed by atoms with E-state index in [9.17, 15) is 24.5 Å². The van der Waals surface area contributed by atoms with Gasteiger partial charge >= 0.3 is 0 Å². The number of anilines is 1. The molecule has 31 heavy (non-hydrogen) atoms. The lowest BCUT2D eigenvalue weighted by atomic mass is 10.3. The Labute approximate surface area is 181 Å². The van der Waals surface area contributed by atoms with E-state index in [1.165, 1.54) is 17.4 Å². The molecule has 0 saturated carbocycles. The van der Waals surface area contributed by atoms with Crippen LogP contribution in [0, 0.1) is 10.1 Å². The van der Waals surface area contributed by atoms with Gasteiger partial charge in [-0.1, -0.05) is 11.3 Å². The Morgan fingerprint density at radius 1 is 1.16 bits per heavy atom. The molecule has 2 aromatic rings. The summed E-state index contributed by atoms with van der Waals surface area (Å²) >= 11 is 1.45. The van der Waals surface area contributed by atoms with Crippen LogP contribution in [0.5, 0.6) is 0 Å². The molecule has 11 nitrogen and oxygen atoms in total. The monoisotopic (exact) mass is 446 g/mol. The Morgan fingerprint density at radius 2 is 1.87 bits per heavy atom. The molecule has 0 atom stereocenters. The molecular formula is C19H22N6O5S. The minimum absolute atomic E-state index is 0.0630. The largest absolute Gasteiger partial charge is 0.353 e. The van der Waals surface area contributed by atoms with Crippen LogP contribution in [0.2, 0.25) is 0 Å². The van der Waals surface area contributed by atoms with Gasteiger partial charge in [-0.05, 0) is 6.07 Å². The van der Waals surface area contributed by atoms with Gasteiger partial charge in [-0.15, -0.1) is 0 Å². The van der Waals surface area contributed by atoms with Crippen molar-refractivity contribution in [3.8, 4) is 0 Å². The van der Waals surface area contributed by atoms with Crippen LogP contribution in [0.1, 0.15) is 12.8 Å². The zero-order chi connectivity index (χ0) is 22.0. The first-order valence-electron chi connectivity index (χ1n) is 10.0. The highest BCUT2D eigenvalue weighted by atomic mass is 32.1. The van der Waals surface area contributed by atoms with Gasteiger partial charge in [-0.3, -0.25) is 34.3 Å². The van der Waals surface area contributed by atoms with Crippen molar-refractivity contribution < 1.29 is 19.3 Å². The number of carbonyl (C=O) groups is 3. The molecule has 0 spiro atoms. The molecule has 0 unspecified atom stereocenters. The molecule has 2 aliphatic heterocycles. The number of carbonyl (C=O) groups excluding carboxylic acids is 3. The van der Waals surface area contributed by atoms with Crippen LogP contribution in [0.25, 0.3) is 10.2 Å². The molecule has 12 heteroatoms. The molecule has 1 N–H and O–H groups in total. The van der Waals surface area contributed by atoms with E-state index in [0.29, 0.717) is 13.1 Å². The number of amides is 3. The van der Waals surface area contributed by atoms with Gasteiger partial charge in [-0.2, -0.15) is 0 Å². The fourth-order valence-electron chi connectivity index (χ4n) is 3.66. The Morgan fingerprint density at radius 3 is 2.55 bits per heavy atom. The van der Waals surface area contributed by atoms with Crippen molar-refractivity contribution in [2.24, 2.45) is 0 Å². The lowest BCUT2D eigenvalue weighted by Crippen LogP contribution is -2.49. The molecule has 0 aliphatic carbocycles. The van der Waals surface area contributed by atoms with E-state index in [0.717, 1.165) is 46.4 Å². The Bertz CT molecular complexity index is 1020. The third-order valence-electron chi connectivity index (χ3n) is 5.42. The van der Waals surface area contributed by atoms with Gasteiger partial charge in [0.2, 0.25) is 17.7 Å². The standard InChI is InChI=1S/C19H22N6O5S/c26-16(12-24-17(27)3-4-18(24)28)20-5-6-22-7-9-23(10-8-22)19-21-14-2-1-13(25(29)30)11-15(14)31-19/h1-2,11H,3-10,12H2,(H,20,26). The number of benzene rings is 1. The van der Waals surface area contributed by atoms with Gasteiger partial charge in [0.25, 0.3) is 5.69 Å². The number of nitro benzene ring substituents is 1. The SMILES string of the molecule is O=C(CN1C(=O)CCC1=O)NCCN1CCN(c2nc3ccc([N+](=O)[O-])cc3s2)CC1. The van der Waals surface area contributed by atoms with Crippen molar-refractivity contribution in [2.75, 3.05) is 50.7 Å².